The summed E-state index contributed by atoms with van der Waals surface area (Å²) < 4.78 is 0.690. The van der Waals surface area contributed by atoms with Crippen LogP contribution in [0.3, 0.4) is 0 Å². The molecule has 70 valence electrons. The minimum absolute atomic E-state index is 0.143. The summed E-state index contributed by atoms with van der Waals surface area (Å²) in [6.45, 7) is 0. The van der Waals surface area contributed by atoms with Crippen LogP contribution in [0.1, 0.15) is 0 Å². The van der Waals surface area contributed by atoms with E-state index in [2.05, 4.69) is 20.9 Å². The highest BCUT2D eigenvalue weighted by Gasteiger charge is 2.12. The van der Waals surface area contributed by atoms with Gasteiger partial charge in [0.15, 0.2) is 5.52 Å². The highest BCUT2D eigenvalue weighted by Crippen LogP contribution is 2.25. The van der Waals surface area contributed by atoms with Crippen molar-refractivity contribution < 1.29 is 4.92 Å². The molecule has 0 aliphatic carbocycles. The lowest BCUT2D eigenvalue weighted by atomic mass is 10.2. The van der Waals surface area contributed by atoms with Crippen molar-refractivity contribution in [2.75, 3.05) is 0 Å². The molecule has 0 aliphatic rings. The van der Waals surface area contributed by atoms with Crippen LogP contribution in [0.5, 0.6) is 0 Å². The van der Waals surface area contributed by atoms with Crippen molar-refractivity contribution in [3.05, 3.63) is 44.9 Å². The lowest BCUT2D eigenvalue weighted by Gasteiger charge is -1.97. The summed E-state index contributed by atoms with van der Waals surface area (Å²) in [5.74, 6) is -0.143. The molecule has 0 radical (unpaired) electrons. The molecule has 1 heterocycles. The fraction of sp³-hybridized carbons (Fsp3) is 0. The molecule has 1 aromatic carbocycles. The number of pyridine rings is 1. The van der Waals surface area contributed by atoms with E-state index >= 15 is 0 Å². The molecular formula is C9H5BrN2O2. The molecule has 4 nitrogen and oxygen atoms in total. The Kier molecular flexibility index (Phi) is 2.17. The molecule has 14 heavy (non-hydrogen) atoms. The number of halogens is 1. The Labute approximate surface area is 87.9 Å². The molecule has 2 rings (SSSR count). The maximum absolute atomic E-state index is 10.5. The van der Waals surface area contributed by atoms with Crippen LogP contribution in [0.4, 0.5) is 5.82 Å². The SMILES string of the molecule is O=[N+]([O-])c1cc(Br)c2ccccc2n1. The number of nitro groups is 1. The Hall–Kier alpha value is -1.49. The number of fused-ring (bicyclic) bond motifs is 1. The van der Waals surface area contributed by atoms with Crippen molar-refractivity contribution in [1.82, 2.24) is 4.98 Å². The number of rotatable bonds is 1. The number of hydrogen-bond acceptors (Lipinski definition) is 3. The van der Waals surface area contributed by atoms with Gasteiger partial charge in [-0.05, 0) is 38.0 Å². The third-order valence-corrected chi connectivity index (χ3v) is 2.50. The standard InChI is InChI=1S/C9H5BrN2O2/c10-7-5-9(12(13)14)11-8-4-2-1-3-6(7)8/h1-5H. The summed E-state index contributed by atoms with van der Waals surface area (Å²) in [6.07, 6.45) is 0. The highest BCUT2D eigenvalue weighted by atomic mass is 79.9. The Bertz CT molecular complexity index is 513. The zero-order valence-corrected chi connectivity index (χ0v) is 8.56. The van der Waals surface area contributed by atoms with E-state index < -0.39 is 4.92 Å². The molecule has 0 N–H and O–H groups in total. The maximum Gasteiger partial charge on any atom is 0.365 e. The van der Waals surface area contributed by atoms with Gasteiger partial charge in [0.25, 0.3) is 0 Å². The average Bonchev–Trinajstić information content (AvgIpc) is 2.17. The van der Waals surface area contributed by atoms with Crippen LogP contribution in [0, 0.1) is 10.1 Å². The molecule has 0 unspecified atom stereocenters. The van der Waals surface area contributed by atoms with Gasteiger partial charge in [0.1, 0.15) is 0 Å². The van der Waals surface area contributed by atoms with Crippen molar-refractivity contribution in [3.63, 3.8) is 0 Å². The molecule has 1 aromatic heterocycles. The van der Waals surface area contributed by atoms with E-state index in [-0.39, 0.29) is 5.82 Å². The van der Waals surface area contributed by atoms with E-state index in [4.69, 9.17) is 0 Å². The van der Waals surface area contributed by atoms with Gasteiger partial charge in [0, 0.05) is 9.86 Å². The molecule has 0 amide bonds. The van der Waals surface area contributed by atoms with Crippen LogP contribution in [0.15, 0.2) is 34.8 Å². The molecule has 0 fully saturated rings. The van der Waals surface area contributed by atoms with Crippen LogP contribution in [-0.2, 0) is 0 Å². The summed E-state index contributed by atoms with van der Waals surface area (Å²) in [4.78, 5) is 13.9. The number of nitrogens with zero attached hydrogens (tertiary/aromatic N) is 2. The predicted molar refractivity (Wildman–Crippen MR) is 56.1 cm³/mol. The third kappa shape index (κ3) is 1.46. The fourth-order valence-electron chi connectivity index (χ4n) is 1.21. The Morgan fingerprint density at radius 1 is 1.36 bits per heavy atom. The van der Waals surface area contributed by atoms with Crippen molar-refractivity contribution >= 4 is 32.7 Å². The van der Waals surface area contributed by atoms with E-state index in [1.165, 1.54) is 6.07 Å². The number of aromatic nitrogens is 1. The normalized spacial score (nSPS) is 10.4. The summed E-state index contributed by atoms with van der Waals surface area (Å²) in [5.41, 5.74) is 0.619. The highest BCUT2D eigenvalue weighted by molar-refractivity contribution is 9.10. The molecule has 0 aliphatic heterocycles. The monoisotopic (exact) mass is 252 g/mol. The maximum atomic E-state index is 10.5. The summed E-state index contributed by atoms with van der Waals surface area (Å²) in [5, 5.41) is 11.4. The zero-order valence-electron chi connectivity index (χ0n) is 6.98. The minimum atomic E-state index is -0.503. The van der Waals surface area contributed by atoms with E-state index in [9.17, 15) is 10.1 Å². The Morgan fingerprint density at radius 2 is 2.07 bits per heavy atom. The smallest absolute Gasteiger partial charge is 0.358 e. The van der Waals surface area contributed by atoms with E-state index in [0.717, 1.165) is 5.39 Å². The topological polar surface area (TPSA) is 56.0 Å². The van der Waals surface area contributed by atoms with Crippen molar-refractivity contribution in [3.8, 4) is 0 Å². The van der Waals surface area contributed by atoms with Gasteiger partial charge in [0.2, 0.25) is 0 Å². The van der Waals surface area contributed by atoms with Gasteiger partial charge in [0.05, 0.1) is 6.07 Å². The van der Waals surface area contributed by atoms with Crippen LogP contribution in [0.2, 0.25) is 0 Å². The van der Waals surface area contributed by atoms with Crippen LogP contribution < -0.4 is 0 Å². The van der Waals surface area contributed by atoms with Gasteiger partial charge in [-0.3, -0.25) is 0 Å². The summed E-state index contributed by atoms with van der Waals surface area (Å²) in [6, 6.07) is 8.66. The second kappa shape index (κ2) is 3.34. The predicted octanol–water partition coefficient (Wildman–Crippen LogP) is 2.91. The van der Waals surface area contributed by atoms with Gasteiger partial charge in [-0.2, -0.15) is 0 Å². The molecule has 2 aromatic rings. The molecule has 0 atom stereocenters. The van der Waals surface area contributed by atoms with Gasteiger partial charge in [-0.25, -0.2) is 0 Å². The first-order chi connectivity index (χ1) is 6.68. The summed E-state index contributed by atoms with van der Waals surface area (Å²) >= 11 is 3.27. The molecule has 0 saturated heterocycles. The Balaban J connectivity index is 2.78. The third-order valence-electron chi connectivity index (χ3n) is 1.84. The second-order valence-corrected chi connectivity index (χ2v) is 3.59. The molecule has 0 bridgehead atoms. The quantitative estimate of drug-likeness (QED) is 0.579. The fourth-order valence-corrected chi connectivity index (χ4v) is 1.75. The molecule has 5 heteroatoms. The van der Waals surface area contributed by atoms with Crippen LogP contribution in [-0.4, -0.2) is 9.91 Å². The number of hydrogen-bond donors (Lipinski definition) is 0. The lowest BCUT2D eigenvalue weighted by Crippen LogP contribution is -1.92. The van der Waals surface area contributed by atoms with Crippen LogP contribution in [0.25, 0.3) is 10.9 Å². The number of benzene rings is 1. The minimum Gasteiger partial charge on any atom is -0.358 e. The van der Waals surface area contributed by atoms with Gasteiger partial charge in [-0.15, -0.1) is 0 Å². The molecular weight excluding hydrogens is 248 g/mol. The van der Waals surface area contributed by atoms with Crippen molar-refractivity contribution in [2.24, 2.45) is 0 Å². The van der Waals surface area contributed by atoms with E-state index in [1.807, 2.05) is 12.1 Å². The van der Waals surface area contributed by atoms with Crippen molar-refractivity contribution in [2.45, 2.75) is 0 Å². The van der Waals surface area contributed by atoms with Gasteiger partial charge >= 0.3 is 5.82 Å². The van der Waals surface area contributed by atoms with Crippen LogP contribution >= 0.6 is 15.9 Å². The van der Waals surface area contributed by atoms with Gasteiger partial charge in [-0.1, -0.05) is 12.1 Å². The van der Waals surface area contributed by atoms with E-state index in [0.29, 0.717) is 9.99 Å². The Morgan fingerprint density at radius 3 is 2.79 bits per heavy atom. The molecule has 0 saturated carbocycles. The zero-order chi connectivity index (χ0) is 10.1. The average molecular weight is 253 g/mol. The second-order valence-electron chi connectivity index (χ2n) is 2.74. The van der Waals surface area contributed by atoms with Gasteiger partial charge < -0.3 is 10.1 Å². The first kappa shape index (κ1) is 9.08. The van der Waals surface area contributed by atoms with E-state index in [1.54, 1.807) is 12.1 Å². The lowest BCUT2D eigenvalue weighted by molar-refractivity contribution is -0.389. The molecule has 0 spiro atoms. The number of para-hydroxylation sites is 1. The largest absolute Gasteiger partial charge is 0.365 e. The first-order valence-electron chi connectivity index (χ1n) is 3.88. The summed E-state index contributed by atoms with van der Waals surface area (Å²) in [7, 11) is 0. The van der Waals surface area contributed by atoms with Crippen molar-refractivity contribution in [1.29, 1.82) is 0 Å². The first-order valence-corrected chi connectivity index (χ1v) is 4.67.